The molecule has 0 atom stereocenters. The number of nitrogens with one attached hydrogen (secondary N) is 2. The molecule has 132 valence electrons. The highest BCUT2D eigenvalue weighted by Gasteiger charge is 2.15. The predicted molar refractivity (Wildman–Crippen MR) is 102 cm³/mol. The number of hydrogen-bond donors (Lipinski definition) is 2. The molecule has 0 bridgehead atoms. The summed E-state index contributed by atoms with van der Waals surface area (Å²) in [4.78, 5) is 24.8. The van der Waals surface area contributed by atoms with Crippen LogP contribution in [0.5, 0.6) is 0 Å². The van der Waals surface area contributed by atoms with Gasteiger partial charge in [0.15, 0.2) is 0 Å². The molecule has 0 aliphatic carbocycles. The van der Waals surface area contributed by atoms with Gasteiger partial charge in [0.1, 0.15) is 0 Å². The number of benzene rings is 2. The molecular formula is C19H21BrN2O3. The average Bonchev–Trinajstić information content (AvgIpc) is 2.62. The van der Waals surface area contributed by atoms with Gasteiger partial charge in [-0.05, 0) is 53.0 Å². The topological polar surface area (TPSA) is 67.4 Å². The minimum absolute atomic E-state index is 0.208. The first-order valence-corrected chi connectivity index (χ1v) is 8.85. The summed E-state index contributed by atoms with van der Waals surface area (Å²) in [5, 5.41) is 5.68. The highest BCUT2D eigenvalue weighted by molar-refractivity contribution is 9.10. The van der Waals surface area contributed by atoms with E-state index in [1.807, 2.05) is 6.07 Å². The summed E-state index contributed by atoms with van der Waals surface area (Å²) < 4.78 is 5.69. The van der Waals surface area contributed by atoms with E-state index in [-0.39, 0.29) is 11.8 Å². The Labute approximate surface area is 155 Å². The first kappa shape index (κ1) is 19.1. The molecular weight excluding hydrogens is 384 g/mol. The molecule has 6 heteroatoms. The third-order valence-corrected chi connectivity index (χ3v) is 4.29. The van der Waals surface area contributed by atoms with Crippen LogP contribution in [-0.2, 0) is 4.74 Å². The Balaban J connectivity index is 2.03. The van der Waals surface area contributed by atoms with Gasteiger partial charge >= 0.3 is 0 Å². The first-order valence-electron chi connectivity index (χ1n) is 8.05. The quantitative estimate of drug-likeness (QED) is 0.656. The van der Waals surface area contributed by atoms with Gasteiger partial charge in [0.05, 0.1) is 16.8 Å². The standard InChI is InChI=1S/C19H21BrN2O3/c1-25-13-7-6-12-21-18(23)15-9-3-5-11-17(15)22-19(24)14-8-2-4-10-16(14)20/h2-5,8-11H,6-7,12-13H2,1H3,(H,21,23)(H,22,24). The molecule has 2 N–H and O–H groups in total. The van der Waals surface area contributed by atoms with E-state index >= 15 is 0 Å². The number of carbonyl (C=O) groups excluding carboxylic acids is 2. The van der Waals surface area contributed by atoms with Gasteiger partial charge in [-0.25, -0.2) is 0 Å². The van der Waals surface area contributed by atoms with Crippen molar-refractivity contribution in [1.29, 1.82) is 0 Å². The Bertz CT molecular complexity index is 734. The van der Waals surface area contributed by atoms with Crippen LogP contribution >= 0.6 is 15.9 Å². The molecule has 0 spiro atoms. The van der Waals surface area contributed by atoms with Gasteiger partial charge in [-0.1, -0.05) is 24.3 Å². The van der Waals surface area contributed by atoms with E-state index in [4.69, 9.17) is 4.74 Å². The van der Waals surface area contributed by atoms with Crippen LogP contribution < -0.4 is 10.6 Å². The molecule has 2 aromatic rings. The molecule has 0 fully saturated rings. The molecule has 0 saturated heterocycles. The molecule has 5 nitrogen and oxygen atoms in total. The Morgan fingerprint density at radius 2 is 1.64 bits per heavy atom. The maximum atomic E-state index is 12.5. The fraction of sp³-hybridized carbons (Fsp3) is 0.263. The van der Waals surface area contributed by atoms with Crippen LogP contribution in [-0.4, -0.2) is 32.1 Å². The zero-order chi connectivity index (χ0) is 18.1. The second kappa shape index (κ2) is 9.96. The Morgan fingerprint density at radius 3 is 2.36 bits per heavy atom. The average molecular weight is 405 g/mol. The van der Waals surface area contributed by atoms with Gasteiger partial charge < -0.3 is 15.4 Å². The highest BCUT2D eigenvalue weighted by atomic mass is 79.9. The first-order chi connectivity index (χ1) is 12.1. The maximum absolute atomic E-state index is 12.5. The van der Waals surface area contributed by atoms with Crippen LogP contribution in [0.15, 0.2) is 53.0 Å². The Morgan fingerprint density at radius 1 is 0.960 bits per heavy atom. The minimum atomic E-state index is -0.271. The monoisotopic (exact) mass is 404 g/mol. The number of unbranched alkanes of at least 4 members (excludes halogenated alkanes) is 1. The molecule has 2 amide bonds. The SMILES string of the molecule is COCCCCNC(=O)c1ccccc1NC(=O)c1ccccc1Br. The minimum Gasteiger partial charge on any atom is -0.385 e. The number of rotatable bonds is 8. The normalized spacial score (nSPS) is 10.3. The smallest absolute Gasteiger partial charge is 0.256 e. The van der Waals surface area contributed by atoms with Crippen molar-refractivity contribution in [2.75, 3.05) is 25.6 Å². The van der Waals surface area contributed by atoms with Crippen LogP contribution in [0.4, 0.5) is 5.69 Å². The Hall–Kier alpha value is -2.18. The Kier molecular flexibility index (Phi) is 7.63. The zero-order valence-corrected chi connectivity index (χ0v) is 15.6. The van der Waals surface area contributed by atoms with Gasteiger partial charge in [-0.2, -0.15) is 0 Å². The van der Waals surface area contributed by atoms with E-state index < -0.39 is 0 Å². The number of ether oxygens (including phenoxy) is 1. The molecule has 2 aromatic carbocycles. The van der Waals surface area contributed by atoms with Crippen LogP contribution in [0.25, 0.3) is 0 Å². The second-order valence-electron chi connectivity index (χ2n) is 5.44. The third kappa shape index (κ3) is 5.69. The molecule has 0 aromatic heterocycles. The largest absolute Gasteiger partial charge is 0.385 e. The van der Waals surface area contributed by atoms with E-state index in [0.717, 1.165) is 12.8 Å². The lowest BCUT2D eigenvalue weighted by molar-refractivity contribution is 0.0952. The molecule has 0 saturated carbocycles. The van der Waals surface area contributed by atoms with Crippen LogP contribution in [0.2, 0.25) is 0 Å². The molecule has 0 heterocycles. The predicted octanol–water partition coefficient (Wildman–Crippen LogP) is 3.86. The third-order valence-electron chi connectivity index (χ3n) is 3.60. The van der Waals surface area contributed by atoms with Crippen molar-refractivity contribution in [3.8, 4) is 0 Å². The molecule has 0 aliphatic heterocycles. The number of para-hydroxylation sites is 1. The number of amides is 2. The van der Waals surface area contributed by atoms with Gasteiger partial charge in [-0.3, -0.25) is 9.59 Å². The van der Waals surface area contributed by atoms with Crippen molar-refractivity contribution in [2.24, 2.45) is 0 Å². The van der Waals surface area contributed by atoms with E-state index in [0.29, 0.717) is 34.4 Å². The highest BCUT2D eigenvalue weighted by Crippen LogP contribution is 2.20. The molecule has 0 unspecified atom stereocenters. The van der Waals surface area contributed by atoms with Gasteiger partial charge in [0.2, 0.25) is 0 Å². The molecule has 25 heavy (non-hydrogen) atoms. The van der Waals surface area contributed by atoms with E-state index in [9.17, 15) is 9.59 Å². The summed E-state index contributed by atoms with van der Waals surface area (Å²) >= 11 is 3.36. The maximum Gasteiger partial charge on any atom is 0.256 e. The van der Waals surface area contributed by atoms with Crippen molar-refractivity contribution in [2.45, 2.75) is 12.8 Å². The van der Waals surface area contributed by atoms with Gasteiger partial charge in [0.25, 0.3) is 11.8 Å². The second-order valence-corrected chi connectivity index (χ2v) is 6.29. The van der Waals surface area contributed by atoms with Crippen molar-refractivity contribution < 1.29 is 14.3 Å². The van der Waals surface area contributed by atoms with Crippen molar-refractivity contribution in [3.05, 3.63) is 64.1 Å². The van der Waals surface area contributed by atoms with Crippen molar-refractivity contribution >= 4 is 33.4 Å². The number of hydrogen-bond acceptors (Lipinski definition) is 3. The molecule has 0 aliphatic rings. The van der Waals surface area contributed by atoms with Gasteiger partial charge in [0, 0.05) is 24.7 Å². The zero-order valence-electron chi connectivity index (χ0n) is 14.0. The van der Waals surface area contributed by atoms with Crippen LogP contribution in [0.3, 0.4) is 0 Å². The van der Waals surface area contributed by atoms with Crippen LogP contribution in [0, 0.1) is 0 Å². The van der Waals surface area contributed by atoms with Crippen LogP contribution in [0.1, 0.15) is 33.6 Å². The van der Waals surface area contributed by atoms with E-state index in [2.05, 4.69) is 26.6 Å². The van der Waals surface area contributed by atoms with Crippen molar-refractivity contribution in [1.82, 2.24) is 5.32 Å². The van der Waals surface area contributed by atoms with Gasteiger partial charge in [-0.15, -0.1) is 0 Å². The lowest BCUT2D eigenvalue weighted by Crippen LogP contribution is -2.26. The number of anilines is 1. The fourth-order valence-electron chi connectivity index (χ4n) is 2.29. The lowest BCUT2D eigenvalue weighted by Gasteiger charge is -2.12. The summed E-state index contributed by atoms with van der Waals surface area (Å²) in [6.07, 6.45) is 1.72. The van der Waals surface area contributed by atoms with E-state index in [1.165, 1.54) is 0 Å². The fourth-order valence-corrected chi connectivity index (χ4v) is 2.76. The number of methoxy groups -OCH3 is 1. The summed E-state index contributed by atoms with van der Waals surface area (Å²) in [6.45, 7) is 1.24. The number of carbonyl (C=O) groups is 2. The number of halogens is 1. The molecule has 2 rings (SSSR count). The summed E-state index contributed by atoms with van der Waals surface area (Å²) in [5.41, 5.74) is 1.43. The summed E-state index contributed by atoms with van der Waals surface area (Å²) in [7, 11) is 1.66. The summed E-state index contributed by atoms with van der Waals surface area (Å²) in [6, 6.07) is 14.1. The lowest BCUT2D eigenvalue weighted by atomic mass is 10.1. The molecule has 0 radical (unpaired) electrons. The van der Waals surface area contributed by atoms with E-state index in [1.54, 1.807) is 49.6 Å². The summed E-state index contributed by atoms with van der Waals surface area (Å²) in [5.74, 6) is -0.478. The van der Waals surface area contributed by atoms with Crippen molar-refractivity contribution in [3.63, 3.8) is 0 Å².